The highest BCUT2D eigenvalue weighted by Crippen LogP contribution is 2.27. The molecule has 160 valence electrons. The third-order valence-corrected chi connectivity index (χ3v) is 5.94. The zero-order chi connectivity index (χ0) is 20.9. The smallest absolute Gasteiger partial charge is 0.338 e. The fourth-order valence-electron chi connectivity index (χ4n) is 4.33. The fourth-order valence-corrected chi connectivity index (χ4v) is 4.33. The Bertz CT molecular complexity index is 882. The predicted molar refractivity (Wildman–Crippen MR) is 119 cm³/mol. The summed E-state index contributed by atoms with van der Waals surface area (Å²) in [5.74, 6) is 1.32. The van der Waals surface area contributed by atoms with Gasteiger partial charge in [0, 0.05) is 43.5 Å². The lowest BCUT2D eigenvalue weighted by Gasteiger charge is -2.33. The molecule has 3 heterocycles. The van der Waals surface area contributed by atoms with E-state index < -0.39 is 0 Å². The topological polar surface area (TPSA) is 79.4 Å². The van der Waals surface area contributed by atoms with Crippen LogP contribution in [0.5, 0.6) is 0 Å². The molecule has 2 fully saturated rings. The summed E-state index contributed by atoms with van der Waals surface area (Å²) in [6.07, 6.45) is 8.04. The van der Waals surface area contributed by atoms with E-state index in [1.54, 1.807) is 12.3 Å². The minimum absolute atomic E-state index is 0.349. The molecule has 1 aliphatic heterocycles. The Morgan fingerprint density at radius 2 is 2.07 bits per heavy atom. The van der Waals surface area contributed by atoms with Crippen molar-refractivity contribution >= 4 is 17.6 Å². The maximum atomic E-state index is 12.3. The van der Waals surface area contributed by atoms with Gasteiger partial charge >= 0.3 is 5.97 Å². The van der Waals surface area contributed by atoms with Gasteiger partial charge < -0.3 is 20.3 Å². The van der Waals surface area contributed by atoms with Crippen molar-refractivity contribution in [3.8, 4) is 11.3 Å². The van der Waals surface area contributed by atoms with Crippen molar-refractivity contribution in [2.24, 2.45) is 0 Å². The molecule has 0 aromatic carbocycles. The molecule has 0 radical (unpaired) electrons. The van der Waals surface area contributed by atoms with Crippen molar-refractivity contribution in [3.63, 3.8) is 0 Å². The Kier molecular flexibility index (Phi) is 6.47. The first-order valence-corrected chi connectivity index (χ1v) is 10.9. The van der Waals surface area contributed by atoms with Crippen LogP contribution in [0.15, 0.2) is 30.5 Å². The maximum Gasteiger partial charge on any atom is 0.338 e. The summed E-state index contributed by atoms with van der Waals surface area (Å²) in [6, 6.07) is 8.46. The summed E-state index contributed by atoms with van der Waals surface area (Å²) in [6.45, 7) is 4.75. The molecule has 0 amide bonds. The first-order valence-electron chi connectivity index (χ1n) is 10.9. The number of hydrogen-bond acceptors (Lipinski definition) is 7. The number of piperazine rings is 1. The van der Waals surface area contributed by atoms with Crippen molar-refractivity contribution in [2.75, 3.05) is 37.0 Å². The van der Waals surface area contributed by atoms with Crippen LogP contribution in [-0.4, -0.2) is 54.8 Å². The molecule has 1 aliphatic carbocycles. The molecule has 2 N–H and O–H groups in total. The minimum atomic E-state index is -0.349. The second kappa shape index (κ2) is 9.43. The van der Waals surface area contributed by atoms with E-state index in [9.17, 15) is 4.79 Å². The third-order valence-electron chi connectivity index (χ3n) is 5.94. The van der Waals surface area contributed by atoms with E-state index >= 15 is 0 Å². The first kappa shape index (κ1) is 20.6. The van der Waals surface area contributed by atoms with Crippen molar-refractivity contribution in [2.45, 2.75) is 51.1 Å². The summed E-state index contributed by atoms with van der Waals surface area (Å²) in [4.78, 5) is 23.9. The molecular formula is C23H31N5O2. The second-order valence-corrected chi connectivity index (χ2v) is 8.30. The summed E-state index contributed by atoms with van der Waals surface area (Å²) in [5, 5.41) is 7.02. The molecule has 0 bridgehead atoms. The van der Waals surface area contributed by atoms with Gasteiger partial charge in [0.1, 0.15) is 11.6 Å². The molecule has 0 spiro atoms. The van der Waals surface area contributed by atoms with E-state index in [4.69, 9.17) is 9.72 Å². The molecule has 4 rings (SSSR count). The quantitative estimate of drug-likeness (QED) is 0.732. The van der Waals surface area contributed by atoms with Gasteiger partial charge in [-0.1, -0.05) is 19.3 Å². The van der Waals surface area contributed by atoms with E-state index in [-0.39, 0.29) is 5.97 Å². The second-order valence-electron chi connectivity index (χ2n) is 8.30. The average molecular weight is 410 g/mol. The number of anilines is 2. The summed E-state index contributed by atoms with van der Waals surface area (Å²) in [7, 11) is 1.41. The van der Waals surface area contributed by atoms with E-state index in [1.807, 2.05) is 18.2 Å². The van der Waals surface area contributed by atoms with Crippen molar-refractivity contribution in [3.05, 3.63) is 36.0 Å². The van der Waals surface area contributed by atoms with Gasteiger partial charge in [-0.25, -0.2) is 14.8 Å². The predicted octanol–water partition coefficient (Wildman–Crippen LogP) is 3.47. The van der Waals surface area contributed by atoms with Crippen LogP contribution in [0.3, 0.4) is 0 Å². The van der Waals surface area contributed by atoms with Gasteiger partial charge in [-0.3, -0.25) is 0 Å². The minimum Gasteiger partial charge on any atom is -0.465 e. The van der Waals surface area contributed by atoms with Crippen LogP contribution < -0.4 is 15.5 Å². The van der Waals surface area contributed by atoms with E-state index in [2.05, 4.69) is 27.4 Å². The number of nitrogens with one attached hydrogen (secondary N) is 2. The molecule has 7 heteroatoms. The Morgan fingerprint density at radius 1 is 1.23 bits per heavy atom. The van der Waals surface area contributed by atoms with Gasteiger partial charge in [-0.05, 0) is 44.0 Å². The Morgan fingerprint density at radius 3 is 2.83 bits per heavy atom. The molecule has 1 saturated carbocycles. The molecule has 2 aliphatic rings. The SMILES string of the molecule is COC(=O)c1cc(-c2ccnc(NC3CCCCC3)c2)nc(N2CCNC(C)C2)c1. The maximum absolute atomic E-state index is 12.3. The number of aromatic nitrogens is 2. The van der Waals surface area contributed by atoms with Crippen LogP contribution in [0.25, 0.3) is 11.3 Å². The molecule has 30 heavy (non-hydrogen) atoms. The van der Waals surface area contributed by atoms with Gasteiger partial charge in [-0.2, -0.15) is 0 Å². The van der Waals surface area contributed by atoms with Crippen LogP contribution in [0, 0.1) is 0 Å². The van der Waals surface area contributed by atoms with Crippen LogP contribution >= 0.6 is 0 Å². The lowest BCUT2D eigenvalue weighted by molar-refractivity contribution is 0.0600. The molecular weight excluding hydrogens is 378 g/mol. The lowest BCUT2D eigenvalue weighted by Crippen LogP contribution is -2.49. The zero-order valence-corrected chi connectivity index (χ0v) is 17.9. The van der Waals surface area contributed by atoms with Crippen molar-refractivity contribution in [1.82, 2.24) is 15.3 Å². The highest BCUT2D eigenvalue weighted by molar-refractivity contribution is 5.91. The fraction of sp³-hybridized carbons (Fsp3) is 0.522. The first-order chi connectivity index (χ1) is 14.6. The number of pyridine rings is 2. The zero-order valence-electron chi connectivity index (χ0n) is 17.9. The van der Waals surface area contributed by atoms with Crippen LogP contribution in [0.2, 0.25) is 0 Å². The number of carbonyl (C=O) groups is 1. The molecule has 2 aromatic heterocycles. The number of nitrogens with zero attached hydrogens (tertiary/aromatic N) is 3. The van der Waals surface area contributed by atoms with Crippen molar-refractivity contribution in [1.29, 1.82) is 0 Å². The van der Waals surface area contributed by atoms with E-state index in [1.165, 1.54) is 39.2 Å². The average Bonchev–Trinajstić information content (AvgIpc) is 2.79. The molecule has 2 aromatic rings. The standard InChI is InChI=1S/C23H31N5O2/c1-16-15-28(11-10-24-16)22-14-18(23(29)30-2)12-20(27-22)17-8-9-25-21(13-17)26-19-6-4-3-5-7-19/h8-9,12-14,16,19,24H,3-7,10-11,15H2,1-2H3,(H,25,26). The van der Waals surface area contributed by atoms with Crippen LogP contribution in [0.1, 0.15) is 49.4 Å². The van der Waals surface area contributed by atoms with Crippen molar-refractivity contribution < 1.29 is 9.53 Å². The number of carbonyl (C=O) groups excluding carboxylic acids is 1. The summed E-state index contributed by atoms with van der Waals surface area (Å²) >= 11 is 0. The van der Waals surface area contributed by atoms with Crippen LogP contribution in [-0.2, 0) is 4.74 Å². The Balaban J connectivity index is 1.64. The number of rotatable bonds is 5. The monoisotopic (exact) mass is 409 g/mol. The summed E-state index contributed by atoms with van der Waals surface area (Å²) < 4.78 is 4.99. The van der Waals surface area contributed by atoms with Gasteiger partial charge in [0.15, 0.2) is 0 Å². The Labute approximate surface area is 178 Å². The molecule has 1 saturated heterocycles. The van der Waals surface area contributed by atoms with Gasteiger partial charge in [0.25, 0.3) is 0 Å². The highest BCUT2D eigenvalue weighted by atomic mass is 16.5. The number of hydrogen-bond donors (Lipinski definition) is 2. The molecule has 1 atom stereocenters. The highest BCUT2D eigenvalue weighted by Gasteiger charge is 2.20. The van der Waals surface area contributed by atoms with Crippen LogP contribution in [0.4, 0.5) is 11.6 Å². The largest absolute Gasteiger partial charge is 0.465 e. The number of methoxy groups -OCH3 is 1. The number of esters is 1. The van der Waals surface area contributed by atoms with Gasteiger partial charge in [0.05, 0.1) is 18.4 Å². The van der Waals surface area contributed by atoms with E-state index in [0.717, 1.165) is 42.5 Å². The summed E-state index contributed by atoms with van der Waals surface area (Å²) in [5.41, 5.74) is 2.22. The normalized spacial score (nSPS) is 20.1. The van der Waals surface area contributed by atoms with E-state index in [0.29, 0.717) is 17.6 Å². The molecule has 7 nitrogen and oxygen atoms in total. The Hall–Kier alpha value is -2.67. The third kappa shape index (κ3) is 4.90. The molecule has 1 unspecified atom stereocenters. The lowest BCUT2D eigenvalue weighted by atomic mass is 9.95. The number of ether oxygens (including phenoxy) is 1. The van der Waals surface area contributed by atoms with Gasteiger partial charge in [0.2, 0.25) is 0 Å². The van der Waals surface area contributed by atoms with Gasteiger partial charge in [-0.15, -0.1) is 0 Å².